The minimum atomic E-state index is -0.512. The highest BCUT2D eigenvalue weighted by molar-refractivity contribution is 6.36. The maximum absolute atomic E-state index is 11.8. The van der Waals surface area contributed by atoms with E-state index in [2.05, 4.69) is 0 Å². The van der Waals surface area contributed by atoms with Gasteiger partial charge in [0, 0.05) is 22.9 Å². The van der Waals surface area contributed by atoms with E-state index in [9.17, 15) is 9.59 Å². The minimum Gasteiger partial charge on any atom is -0.425 e. The zero-order valence-corrected chi connectivity index (χ0v) is 15.8. The number of esters is 2. The van der Waals surface area contributed by atoms with Crippen LogP contribution >= 0.6 is 46.4 Å². The Balaban J connectivity index is 1.77. The molecule has 0 aliphatic heterocycles. The summed E-state index contributed by atoms with van der Waals surface area (Å²) in [6, 6.07) is 9.06. The smallest absolute Gasteiger partial charge is 0.311 e. The number of ether oxygens (including phenoxy) is 2. The molecule has 0 aromatic heterocycles. The predicted molar refractivity (Wildman–Crippen MR) is 98.0 cm³/mol. The lowest BCUT2D eigenvalue weighted by Gasteiger charge is -2.07. The van der Waals surface area contributed by atoms with Crippen molar-refractivity contribution >= 4 is 58.3 Å². The molecule has 0 amide bonds. The zero-order valence-electron chi connectivity index (χ0n) is 12.7. The molecule has 0 saturated carbocycles. The van der Waals surface area contributed by atoms with Crippen LogP contribution in [-0.4, -0.2) is 11.9 Å². The van der Waals surface area contributed by atoms with Crippen molar-refractivity contribution in [2.24, 2.45) is 0 Å². The van der Waals surface area contributed by atoms with Crippen LogP contribution < -0.4 is 9.47 Å². The van der Waals surface area contributed by atoms with Gasteiger partial charge in [-0.15, -0.1) is 0 Å². The fourth-order valence-electron chi connectivity index (χ4n) is 1.84. The van der Waals surface area contributed by atoms with Gasteiger partial charge in [-0.3, -0.25) is 9.59 Å². The van der Waals surface area contributed by atoms with Crippen molar-refractivity contribution in [3.8, 4) is 11.5 Å². The van der Waals surface area contributed by atoms with Gasteiger partial charge in [-0.25, -0.2) is 0 Å². The Kier molecular flexibility index (Phi) is 7.38. The van der Waals surface area contributed by atoms with Gasteiger partial charge in [0.25, 0.3) is 0 Å². The number of benzene rings is 2. The number of hydrogen-bond acceptors (Lipinski definition) is 4. The number of halogens is 4. The van der Waals surface area contributed by atoms with E-state index < -0.39 is 11.9 Å². The van der Waals surface area contributed by atoms with Crippen LogP contribution in [0.3, 0.4) is 0 Å². The van der Waals surface area contributed by atoms with Crippen molar-refractivity contribution in [2.45, 2.75) is 19.3 Å². The number of hydrogen-bond donors (Lipinski definition) is 0. The third-order valence-electron chi connectivity index (χ3n) is 3.00. The summed E-state index contributed by atoms with van der Waals surface area (Å²) in [4.78, 5) is 23.6. The molecule has 2 aromatic rings. The van der Waals surface area contributed by atoms with Gasteiger partial charge in [0.05, 0.1) is 10.0 Å². The van der Waals surface area contributed by atoms with E-state index in [1.807, 2.05) is 0 Å². The number of rotatable bonds is 6. The average molecular weight is 422 g/mol. The molecule has 8 heteroatoms. The molecule has 0 aliphatic carbocycles. The summed E-state index contributed by atoms with van der Waals surface area (Å²) in [6.07, 6.45) is 0.318. The Bertz CT molecular complexity index is 727. The molecule has 0 aliphatic rings. The highest BCUT2D eigenvalue weighted by Crippen LogP contribution is 2.29. The van der Waals surface area contributed by atoms with Crippen molar-refractivity contribution in [1.29, 1.82) is 0 Å². The zero-order chi connectivity index (χ0) is 18.4. The summed E-state index contributed by atoms with van der Waals surface area (Å²) in [5.74, 6) is -0.596. The van der Waals surface area contributed by atoms with E-state index in [0.717, 1.165) is 0 Å². The maximum Gasteiger partial charge on any atom is 0.311 e. The van der Waals surface area contributed by atoms with Crippen molar-refractivity contribution in [1.82, 2.24) is 0 Å². The second kappa shape index (κ2) is 9.30. The van der Waals surface area contributed by atoms with Crippen LogP contribution in [0.15, 0.2) is 36.4 Å². The van der Waals surface area contributed by atoms with Gasteiger partial charge in [-0.05, 0) is 42.8 Å². The van der Waals surface area contributed by atoms with Crippen LogP contribution in [0, 0.1) is 0 Å². The fraction of sp³-hybridized carbons (Fsp3) is 0.176. The molecule has 2 rings (SSSR count). The Morgan fingerprint density at radius 3 is 1.48 bits per heavy atom. The lowest BCUT2D eigenvalue weighted by molar-refractivity contribution is -0.136. The Labute approximate surface area is 164 Å². The molecule has 0 atom stereocenters. The van der Waals surface area contributed by atoms with Crippen LogP contribution in [0.25, 0.3) is 0 Å². The summed E-state index contributed by atoms with van der Waals surface area (Å²) in [5, 5.41) is 1.34. The first kappa shape index (κ1) is 19.9. The first-order chi connectivity index (χ1) is 11.8. The summed E-state index contributed by atoms with van der Waals surface area (Å²) < 4.78 is 10.2. The number of carbonyl (C=O) groups is 2. The molecule has 132 valence electrons. The highest BCUT2D eigenvalue weighted by Gasteiger charge is 2.12. The highest BCUT2D eigenvalue weighted by atomic mass is 35.5. The molecule has 25 heavy (non-hydrogen) atoms. The van der Waals surface area contributed by atoms with Gasteiger partial charge >= 0.3 is 11.9 Å². The molecule has 0 radical (unpaired) electrons. The van der Waals surface area contributed by atoms with Gasteiger partial charge in [0.2, 0.25) is 0 Å². The standard InChI is InChI=1S/C17H12Cl4O4/c18-10-4-6-14(12(20)8-10)24-16(22)2-1-3-17(23)25-15-7-5-11(19)9-13(15)21/h4-9H,1-3H2. The van der Waals surface area contributed by atoms with Crippen LogP contribution in [0.2, 0.25) is 20.1 Å². The van der Waals surface area contributed by atoms with Gasteiger partial charge < -0.3 is 9.47 Å². The van der Waals surface area contributed by atoms with E-state index in [-0.39, 0.29) is 40.8 Å². The third-order valence-corrected chi connectivity index (χ3v) is 4.06. The summed E-state index contributed by atoms with van der Waals surface area (Å²) in [5.41, 5.74) is 0. The third kappa shape index (κ3) is 6.40. The first-order valence-electron chi connectivity index (χ1n) is 7.16. The van der Waals surface area contributed by atoms with E-state index >= 15 is 0 Å². The Morgan fingerprint density at radius 2 is 1.12 bits per heavy atom. The van der Waals surface area contributed by atoms with Gasteiger partial charge in [-0.2, -0.15) is 0 Å². The van der Waals surface area contributed by atoms with Crippen LogP contribution in [0.1, 0.15) is 19.3 Å². The molecule has 4 nitrogen and oxygen atoms in total. The Morgan fingerprint density at radius 1 is 0.720 bits per heavy atom. The fourth-order valence-corrected chi connectivity index (χ4v) is 2.73. The number of carbonyl (C=O) groups excluding carboxylic acids is 2. The van der Waals surface area contributed by atoms with Crippen LogP contribution in [-0.2, 0) is 9.59 Å². The topological polar surface area (TPSA) is 52.6 Å². The molecule has 0 bridgehead atoms. The summed E-state index contributed by atoms with van der Waals surface area (Å²) >= 11 is 23.4. The van der Waals surface area contributed by atoms with Crippen LogP contribution in [0.4, 0.5) is 0 Å². The van der Waals surface area contributed by atoms with Gasteiger partial charge in [-0.1, -0.05) is 46.4 Å². The van der Waals surface area contributed by atoms with E-state index in [1.165, 1.54) is 24.3 Å². The quantitative estimate of drug-likeness (QED) is 0.425. The van der Waals surface area contributed by atoms with Crippen molar-refractivity contribution < 1.29 is 19.1 Å². The van der Waals surface area contributed by atoms with Gasteiger partial charge in [0.15, 0.2) is 0 Å². The maximum atomic E-state index is 11.8. The SMILES string of the molecule is O=C(CCCC(=O)Oc1ccc(Cl)cc1Cl)Oc1ccc(Cl)cc1Cl. The van der Waals surface area contributed by atoms with Crippen molar-refractivity contribution in [2.75, 3.05) is 0 Å². The van der Waals surface area contributed by atoms with Crippen molar-refractivity contribution in [3.05, 3.63) is 56.5 Å². The molecular formula is C17H12Cl4O4. The van der Waals surface area contributed by atoms with E-state index in [1.54, 1.807) is 12.1 Å². The lowest BCUT2D eigenvalue weighted by Crippen LogP contribution is -2.12. The second-order valence-corrected chi connectivity index (χ2v) is 6.64. The second-order valence-electron chi connectivity index (χ2n) is 4.95. The van der Waals surface area contributed by atoms with Gasteiger partial charge in [0.1, 0.15) is 11.5 Å². The largest absolute Gasteiger partial charge is 0.425 e. The van der Waals surface area contributed by atoms with Crippen molar-refractivity contribution in [3.63, 3.8) is 0 Å². The summed E-state index contributed by atoms with van der Waals surface area (Å²) in [6.45, 7) is 0. The molecular weight excluding hydrogens is 410 g/mol. The monoisotopic (exact) mass is 420 g/mol. The molecule has 2 aromatic carbocycles. The minimum absolute atomic E-state index is 0.0302. The van der Waals surface area contributed by atoms with Crippen LogP contribution in [0.5, 0.6) is 11.5 Å². The molecule has 0 fully saturated rings. The van der Waals surface area contributed by atoms with E-state index in [0.29, 0.717) is 10.0 Å². The lowest BCUT2D eigenvalue weighted by atomic mass is 10.2. The molecule has 0 N–H and O–H groups in total. The predicted octanol–water partition coefficient (Wildman–Crippen LogP) is 5.98. The summed E-state index contributed by atoms with van der Waals surface area (Å²) in [7, 11) is 0. The molecule has 0 heterocycles. The Hall–Kier alpha value is -1.46. The molecule has 0 saturated heterocycles. The first-order valence-corrected chi connectivity index (χ1v) is 8.68. The molecule has 0 unspecified atom stereocenters. The normalized spacial score (nSPS) is 10.4. The average Bonchev–Trinajstić information content (AvgIpc) is 2.53. The van der Waals surface area contributed by atoms with E-state index in [4.69, 9.17) is 55.9 Å². The molecule has 0 spiro atoms.